The van der Waals surface area contributed by atoms with E-state index in [0.717, 1.165) is 25.9 Å². The van der Waals surface area contributed by atoms with Crippen LogP contribution in [0.2, 0.25) is 0 Å². The summed E-state index contributed by atoms with van der Waals surface area (Å²) in [6.07, 6.45) is 2.36. The predicted molar refractivity (Wildman–Crippen MR) is 85.6 cm³/mol. The minimum atomic E-state index is -0.752. The van der Waals surface area contributed by atoms with Gasteiger partial charge in [-0.15, -0.1) is 0 Å². The summed E-state index contributed by atoms with van der Waals surface area (Å²) in [5.74, 6) is 0.444. The zero-order chi connectivity index (χ0) is 16.9. The van der Waals surface area contributed by atoms with E-state index in [2.05, 4.69) is 20.8 Å². The molecule has 0 unspecified atom stereocenters. The fraction of sp³-hybridized carbons (Fsp3) is 0.471. The molecular weight excluding hydrogens is 311 g/mol. The van der Waals surface area contributed by atoms with E-state index < -0.39 is 11.9 Å². The Kier molecular flexibility index (Phi) is 5.20. The van der Waals surface area contributed by atoms with Crippen molar-refractivity contribution < 1.29 is 13.7 Å². The molecule has 1 aromatic carbocycles. The van der Waals surface area contributed by atoms with Gasteiger partial charge in [-0.05, 0) is 37.9 Å². The lowest BCUT2D eigenvalue weighted by Crippen LogP contribution is -2.35. The molecule has 0 radical (unpaired) electrons. The molecule has 1 amide bonds. The number of nitrogens with one attached hydrogen (secondary N) is 2. The van der Waals surface area contributed by atoms with Crippen molar-refractivity contribution in [2.24, 2.45) is 5.92 Å². The van der Waals surface area contributed by atoms with Crippen molar-refractivity contribution in [1.82, 2.24) is 20.8 Å². The molecule has 2 N–H and O–H groups in total. The Morgan fingerprint density at radius 3 is 2.83 bits per heavy atom. The van der Waals surface area contributed by atoms with E-state index in [9.17, 15) is 9.18 Å². The molecule has 6 nitrogen and oxygen atoms in total. The SMILES string of the molecule is Cc1nc([C@@H](NC(=O)CC2CCNCC2)c2ccccc2F)no1. The fourth-order valence-corrected chi connectivity index (χ4v) is 2.99. The topological polar surface area (TPSA) is 80.0 Å². The first-order chi connectivity index (χ1) is 11.6. The van der Waals surface area contributed by atoms with Crippen LogP contribution >= 0.6 is 0 Å². The van der Waals surface area contributed by atoms with Gasteiger partial charge >= 0.3 is 0 Å². The highest BCUT2D eigenvalue weighted by molar-refractivity contribution is 5.77. The summed E-state index contributed by atoms with van der Waals surface area (Å²) in [5.41, 5.74) is 0.331. The molecule has 0 aliphatic carbocycles. The summed E-state index contributed by atoms with van der Waals surface area (Å²) in [6.45, 7) is 3.52. The molecule has 3 rings (SSSR count). The third kappa shape index (κ3) is 3.97. The lowest BCUT2D eigenvalue weighted by molar-refractivity contribution is -0.122. The van der Waals surface area contributed by atoms with Crippen molar-refractivity contribution >= 4 is 5.91 Å². The third-order valence-electron chi connectivity index (χ3n) is 4.26. The molecule has 2 aromatic rings. The first kappa shape index (κ1) is 16.6. The Balaban J connectivity index is 1.77. The second kappa shape index (κ2) is 7.53. The van der Waals surface area contributed by atoms with Crippen LogP contribution in [0.3, 0.4) is 0 Å². The van der Waals surface area contributed by atoms with Crippen LogP contribution in [0.4, 0.5) is 4.39 Å². The highest BCUT2D eigenvalue weighted by Crippen LogP contribution is 2.23. The maximum absolute atomic E-state index is 14.2. The first-order valence-electron chi connectivity index (χ1n) is 8.18. The smallest absolute Gasteiger partial charge is 0.223 e. The molecule has 2 heterocycles. The third-order valence-corrected chi connectivity index (χ3v) is 4.26. The molecule has 24 heavy (non-hydrogen) atoms. The lowest BCUT2D eigenvalue weighted by Gasteiger charge is -2.23. The van der Waals surface area contributed by atoms with E-state index in [1.165, 1.54) is 6.07 Å². The average molecular weight is 332 g/mol. The number of piperidine rings is 1. The predicted octanol–water partition coefficient (Wildman–Crippen LogP) is 2.11. The Bertz CT molecular complexity index is 697. The van der Waals surface area contributed by atoms with E-state index in [1.807, 2.05) is 0 Å². The Labute approximate surface area is 139 Å². The fourth-order valence-electron chi connectivity index (χ4n) is 2.99. The summed E-state index contributed by atoms with van der Waals surface area (Å²) in [5, 5.41) is 10.00. The molecule has 1 saturated heterocycles. The molecule has 1 fully saturated rings. The Hall–Kier alpha value is -2.28. The van der Waals surface area contributed by atoms with Gasteiger partial charge in [-0.1, -0.05) is 23.4 Å². The Morgan fingerprint density at radius 2 is 2.17 bits per heavy atom. The summed E-state index contributed by atoms with van der Waals surface area (Å²) < 4.78 is 19.2. The molecule has 0 saturated carbocycles. The second-order valence-electron chi connectivity index (χ2n) is 6.09. The van der Waals surface area contributed by atoms with E-state index in [4.69, 9.17) is 4.52 Å². The van der Waals surface area contributed by atoms with Gasteiger partial charge in [-0.25, -0.2) is 4.39 Å². The number of amides is 1. The standard InChI is InChI=1S/C17H21FN4O2/c1-11-20-17(22-24-11)16(13-4-2-3-5-14(13)18)21-15(23)10-12-6-8-19-9-7-12/h2-5,12,16,19H,6-10H2,1H3,(H,21,23)/t16-/m0/s1. The number of aryl methyl sites for hydroxylation is 1. The van der Waals surface area contributed by atoms with Crippen molar-refractivity contribution in [1.29, 1.82) is 0 Å². The minimum Gasteiger partial charge on any atom is -0.342 e. The number of benzene rings is 1. The number of carbonyl (C=O) groups excluding carboxylic acids is 1. The van der Waals surface area contributed by atoms with Crippen LogP contribution in [0.5, 0.6) is 0 Å². The molecular formula is C17H21FN4O2. The van der Waals surface area contributed by atoms with Crippen molar-refractivity contribution in [3.05, 3.63) is 47.4 Å². The van der Waals surface area contributed by atoms with Gasteiger partial charge in [-0.2, -0.15) is 4.98 Å². The second-order valence-corrected chi connectivity index (χ2v) is 6.09. The van der Waals surface area contributed by atoms with Crippen molar-refractivity contribution in [2.75, 3.05) is 13.1 Å². The molecule has 1 aromatic heterocycles. The maximum atomic E-state index is 14.2. The van der Waals surface area contributed by atoms with E-state index >= 15 is 0 Å². The highest BCUT2D eigenvalue weighted by atomic mass is 19.1. The largest absolute Gasteiger partial charge is 0.342 e. The number of hydrogen-bond acceptors (Lipinski definition) is 5. The summed E-state index contributed by atoms with van der Waals surface area (Å²) in [7, 11) is 0. The molecule has 1 aliphatic heterocycles. The zero-order valence-corrected chi connectivity index (χ0v) is 13.6. The Morgan fingerprint density at radius 1 is 1.42 bits per heavy atom. The summed E-state index contributed by atoms with van der Waals surface area (Å²) in [6, 6.07) is 5.55. The maximum Gasteiger partial charge on any atom is 0.223 e. The number of carbonyl (C=O) groups is 1. The van der Waals surface area contributed by atoms with E-state index in [-0.39, 0.29) is 11.7 Å². The van der Waals surface area contributed by atoms with Gasteiger partial charge in [-0.3, -0.25) is 4.79 Å². The van der Waals surface area contributed by atoms with Gasteiger partial charge in [0.05, 0.1) is 0 Å². The van der Waals surface area contributed by atoms with Gasteiger partial charge in [0.1, 0.15) is 11.9 Å². The number of rotatable bonds is 5. The van der Waals surface area contributed by atoms with Gasteiger partial charge < -0.3 is 15.2 Å². The quantitative estimate of drug-likeness (QED) is 0.876. The molecule has 0 spiro atoms. The normalized spacial score (nSPS) is 16.8. The van der Waals surface area contributed by atoms with Crippen molar-refractivity contribution in [2.45, 2.75) is 32.2 Å². The van der Waals surface area contributed by atoms with Gasteiger partial charge in [0, 0.05) is 18.9 Å². The molecule has 0 bridgehead atoms. The van der Waals surface area contributed by atoms with Crippen LogP contribution in [0, 0.1) is 18.7 Å². The van der Waals surface area contributed by atoms with Crippen LogP contribution in [0.1, 0.15) is 42.6 Å². The van der Waals surface area contributed by atoms with Crippen LogP contribution in [-0.2, 0) is 4.79 Å². The monoisotopic (exact) mass is 332 g/mol. The average Bonchev–Trinajstić information content (AvgIpc) is 3.01. The van der Waals surface area contributed by atoms with Crippen LogP contribution in [0.15, 0.2) is 28.8 Å². The van der Waals surface area contributed by atoms with Gasteiger partial charge in [0.2, 0.25) is 11.8 Å². The number of nitrogens with zero attached hydrogens (tertiary/aromatic N) is 2. The van der Waals surface area contributed by atoms with Crippen molar-refractivity contribution in [3.8, 4) is 0 Å². The number of halogens is 1. The van der Waals surface area contributed by atoms with Crippen LogP contribution in [0.25, 0.3) is 0 Å². The van der Waals surface area contributed by atoms with Gasteiger partial charge in [0.25, 0.3) is 0 Å². The number of hydrogen-bond donors (Lipinski definition) is 2. The molecule has 7 heteroatoms. The van der Waals surface area contributed by atoms with E-state index in [1.54, 1.807) is 25.1 Å². The molecule has 128 valence electrons. The lowest BCUT2D eigenvalue weighted by atomic mass is 9.94. The summed E-state index contributed by atoms with van der Waals surface area (Å²) in [4.78, 5) is 16.6. The molecule has 1 atom stereocenters. The van der Waals surface area contributed by atoms with Gasteiger partial charge in [0.15, 0.2) is 5.82 Å². The number of aromatic nitrogens is 2. The zero-order valence-electron chi connectivity index (χ0n) is 13.6. The highest BCUT2D eigenvalue weighted by Gasteiger charge is 2.26. The van der Waals surface area contributed by atoms with Crippen molar-refractivity contribution in [3.63, 3.8) is 0 Å². The van der Waals surface area contributed by atoms with Crippen LogP contribution < -0.4 is 10.6 Å². The minimum absolute atomic E-state index is 0.127. The van der Waals surface area contributed by atoms with E-state index in [0.29, 0.717) is 23.8 Å². The van der Waals surface area contributed by atoms with Crippen LogP contribution in [-0.4, -0.2) is 29.1 Å². The molecule has 1 aliphatic rings. The summed E-state index contributed by atoms with van der Waals surface area (Å²) >= 11 is 0. The first-order valence-corrected chi connectivity index (χ1v) is 8.18.